The van der Waals surface area contributed by atoms with E-state index in [1.54, 1.807) is 19.1 Å². The van der Waals surface area contributed by atoms with Gasteiger partial charge in [0.05, 0.1) is 11.4 Å². The van der Waals surface area contributed by atoms with E-state index in [0.717, 1.165) is 0 Å². The summed E-state index contributed by atoms with van der Waals surface area (Å²) >= 11 is 0. The zero-order valence-electron chi connectivity index (χ0n) is 12.2. The van der Waals surface area contributed by atoms with E-state index in [2.05, 4.69) is 16.6 Å². The second-order valence-electron chi connectivity index (χ2n) is 5.08. The van der Waals surface area contributed by atoms with Crippen LogP contribution in [0.4, 0.5) is 0 Å². The van der Waals surface area contributed by atoms with Gasteiger partial charge >= 0.3 is 0 Å². The van der Waals surface area contributed by atoms with Gasteiger partial charge in [-0.05, 0) is 38.5 Å². The van der Waals surface area contributed by atoms with Crippen LogP contribution in [0.5, 0.6) is 0 Å². The highest BCUT2D eigenvalue weighted by molar-refractivity contribution is 7.89. The van der Waals surface area contributed by atoms with E-state index in [4.69, 9.17) is 11.5 Å². The van der Waals surface area contributed by atoms with Crippen LogP contribution in [0, 0.1) is 18.8 Å². The molecule has 114 valence electrons. The molecule has 0 atom stereocenters. The van der Waals surface area contributed by atoms with Crippen molar-refractivity contribution in [2.45, 2.75) is 31.2 Å². The van der Waals surface area contributed by atoms with Gasteiger partial charge in [0, 0.05) is 5.56 Å². The number of amides is 1. The van der Waals surface area contributed by atoms with Crippen LogP contribution in [-0.4, -0.2) is 26.4 Å². The first-order valence-electron chi connectivity index (χ1n) is 6.23. The molecule has 21 heavy (non-hydrogen) atoms. The fraction of sp³-hybridized carbons (Fsp3) is 0.357. The van der Waals surface area contributed by atoms with Gasteiger partial charge < -0.3 is 11.5 Å². The Morgan fingerprint density at radius 2 is 2.00 bits per heavy atom. The molecule has 0 radical (unpaired) electrons. The molecule has 1 amide bonds. The van der Waals surface area contributed by atoms with E-state index in [9.17, 15) is 13.2 Å². The van der Waals surface area contributed by atoms with E-state index in [1.807, 2.05) is 0 Å². The Morgan fingerprint density at radius 1 is 1.38 bits per heavy atom. The number of primary amides is 1. The third kappa shape index (κ3) is 4.29. The van der Waals surface area contributed by atoms with E-state index in [0.29, 0.717) is 11.1 Å². The molecule has 0 aromatic heterocycles. The Bertz CT molecular complexity index is 713. The van der Waals surface area contributed by atoms with Crippen molar-refractivity contribution in [2.75, 3.05) is 6.54 Å². The van der Waals surface area contributed by atoms with Crippen LogP contribution >= 0.6 is 0 Å². The first kappa shape index (κ1) is 17.2. The normalized spacial score (nSPS) is 11.6. The second-order valence-corrected chi connectivity index (χ2v) is 6.73. The second kappa shape index (κ2) is 6.26. The van der Waals surface area contributed by atoms with Crippen LogP contribution in [0.15, 0.2) is 23.1 Å². The summed E-state index contributed by atoms with van der Waals surface area (Å²) in [6.07, 6.45) is 0. The van der Waals surface area contributed by atoms with Gasteiger partial charge in [-0.2, -0.15) is 4.72 Å². The SMILES string of the molecule is Cc1ccc(C#CCN)cc1S(=O)(=O)NC(C)(C)C(N)=O. The Labute approximate surface area is 125 Å². The molecule has 1 aromatic carbocycles. The first-order chi connectivity index (χ1) is 9.60. The van der Waals surface area contributed by atoms with Gasteiger partial charge in [0.25, 0.3) is 0 Å². The maximum absolute atomic E-state index is 12.4. The number of hydrogen-bond donors (Lipinski definition) is 3. The van der Waals surface area contributed by atoms with Crippen molar-refractivity contribution in [3.63, 3.8) is 0 Å². The maximum Gasteiger partial charge on any atom is 0.241 e. The molecule has 0 aliphatic carbocycles. The van der Waals surface area contributed by atoms with Crippen LogP contribution in [0.3, 0.4) is 0 Å². The lowest BCUT2D eigenvalue weighted by Crippen LogP contribution is -2.52. The summed E-state index contributed by atoms with van der Waals surface area (Å²) in [4.78, 5) is 11.3. The quantitative estimate of drug-likeness (QED) is 0.671. The highest BCUT2D eigenvalue weighted by Crippen LogP contribution is 2.19. The molecule has 0 bridgehead atoms. The van der Waals surface area contributed by atoms with E-state index in [-0.39, 0.29) is 11.4 Å². The number of rotatable bonds is 4. The lowest BCUT2D eigenvalue weighted by atomic mass is 10.1. The van der Waals surface area contributed by atoms with Crippen molar-refractivity contribution in [3.8, 4) is 11.8 Å². The lowest BCUT2D eigenvalue weighted by Gasteiger charge is -2.22. The molecule has 0 aliphatic rings. The number of benzene rings is 1. The maximum atomic E-state index is 12.4. The molecule has 0 fully saturated rings. The Morgan fingerprint density at radius 3 is 2.52 bits per heavy atom. The summed E-state index contributed by atoms with van der Waals surface area (Å²) in [6, 6.07) is 4.79. The molecule has 1 rings (SSSR count). The van der Waals surface area contributed by atoms with Gasteiger partial charge in [-0.15, -0.1) is 0 Å². The number of hydrogen-bond acceptors (Lipinski definition) is 4. The van der Waals surface area contributed by atoms with Crippen molar-refractivity contribution in [1.29, 1.82) is 0 Å². The average molecular weight is 309 g/mol. The molecule has 0 spiro atoms. The smallest absolute Gasteiger partial charge is 0.241 e. The fourth-order valence-corrected chi connectivity index (χ4v) is 3.22. The molecule has 0 aliphatic heterocycles. The minimum absolute atomic E-state index is 0.0562. The van der Waals surface area contributed by atoms with Crippen molar-refractivity contribution in [2.24, 2.45) is 11.5 Å². The third-order valence-electron chi connectivity index (χ3n) is 2.82. The highest BCUT2D eigenvalue weighted by atomic mass is 32.2. The molecule has 5 N–H and O–H groups in total. The lowest BCUT2D eigenvalue weighted by molar-refractivity contribution is -0.122. The average Bonchev–Trinajstić information content (AvgIpc) is 2.36. The van der Waals surface area contributed by atoms with Crippen LogP contribution in [-0.2, 0) is 14.8 Å². The molecule has 0 saturated carbocycles. The molecular formula is C14H19N3O3S. The third-order valence-corrected chi connectivity index (χ3v) is 4.62. The first-order valence-corrected chi connectivity index (χ1v) is 7.72. The summed E-state index contributed by atoms with van der Waals surface area (Å²) in [6.45, 7) is 4.65. The summed E-state index contributed by atoms with van der Waals surface area (Å²) in [7, 11) is -3.89. The minimum Gasteiger partial charge on any atom is -0.368 e. The Kier molecular flexibility index (Phi) is 5.12. The molecule has 7 heteroatoms. The van der Waals surface area contributed by atoms with Gasteiger partial charge in [-0.3, -0.25) is 4.79 Å². The summed E-state index contributed by atoms with van der Waals surface area (Å²) in [5.74, 6) is 4.67. The van der Waals surface area contributed by atoms with Gasteiger partial charge in [0.1, 0.15) is 5.54 Å². The summed E-state index contributed by atoms with van der Waals surface area (Å²) in [5.41, 5.74) is 10.2. The number of sulfonamides is 1. The Balaban J connectivity index is 3.28. The zero-order valence-corrected chi connectivity index (χ0v) is 13.0. The van der Waals surface area contributed by atoms with Crippen molar-refractivity contribution >= 4 is 15.9 Å². The minimum atomic E-state index is -3.89. The largest absolute Gasteiger partial charge is 0.368 e. The van der Waals surface area contributed by atoms with Crippen molar-refractivity contribution in [1.82, 2.24) is 4.72 Å². The molecule has 1 aromatic rings. The molecular weight excluding hydrogens is 290 g/mol. The van der Waals surface area contributed by atoms with Crippen LogP contribution in [0.25, 0.3) is 0 Å². The summed E-state index contributed by atoms with van der Waals surface area (Å²) in [5, 5.41) is 0. The molecule has 0 saturated heterocycles. The van der Waals surface area contributed by atoms with Crippen LogP contribution in [0.1, 0.15) is 25.0 Å². The van der Waals surface area contributed by atoms with E-state index >= 15 is 0 Å². The van der Waals surface area contributed by atoms with Gasteiger partial charge in [0.15, 0.2) is 0 Å². The summed E-state index contributed by atoms with van der Waals surface area (Å²) < 4.78 is 27.1. The van der Waals surface area contributed by atoms with Crippen molar-refractivity contribution in [3.05, 3.63) is 29.3 Å². The highest BCUT2D eigenvalue weighted by Gasteiger charge is 2.32. The number of aryl methyl sites for hydroxylation is 1. The van der Waals surface area contributed by atoms with E-state index in [1.165, 1.54) is 19.9 Å². The van der Waals surface area contributed by atoms with E-state index < -0.39 is 21.5 Å². The number of nitrogens with two attached hydrogens (primary N) is 2. The molecule has 6 nitrogen and oxygen atoms in total. The predicted molar refractivity (Wildman–Crippen MR) is 80.7 cm³/mol. The molecule has 0 unspecified atom stereocenters. The Hall–Kier alpha value is -1.88. The fourth-order valence-electron chi connectivity index (χ4n) is 1.56. The van der Waals surface area contributed by atoms with Gasteiger partial charge in [-0.1, -0.05) is 17.9 Å². The van der Waals surface area contributed by atoms with Crippen LogP contribution in [0.2, 0.25) is 0 Å². The number of carbonyl (C=O) groups is 1. The zero-order chi connectivity index (χ0) is 16.3. The topological polar surface area (TPSA) is 115 Å². The molecule has 0 heterocycles. The number of nitrogens with one attached hydrogen (secondary N) is 1. The predicted octanol–water partition coefficient (Wildman–Crippen LogP) is -0.153. The monoisotopic (exact) mass is 309 g/mol. The standard InChI is InChI=1S/C14H19N3O3S/c1-10-6-7-11(5-4-8-15)9-12(10)21(19,20)17-14(2,3)13(16)18/h6-7,9,17H,8,15H2,1-3H3,(H2,16,18). The van der Waals surface area contributed by atoms with Crippen LogP contribution < -0.4 is 16.2 Å². The van der Waals surface area contributed by atoms with Gasteiger partial charge in [-0.25, -0.2) is 8.42 Å². The van der Waals surface area contributed by atoms with Gasteiger partial charge in [0.2, 0.25) is 15.9 Å². The van der Waals surface area contributed by atoms with Crippen molar-refractivity contribution < 1.29 is 13.2 Å². The number of carbonyl (C=O) groups excluding carboxylic acids is 1.